The zero-order chi connectivity index (χ0) is 10.1. The van der Waals surface area contributed by atoms with Crippen molar-refractivity contribution in [1.82, 2.24) is 0 Å². The Hall–Kier alpha value is -0.510. The van der Waals surface area contributed by atoms with E-state index in [4.69, 9.17) is 0 Å². The molecule has 0 spiro atoms. The smallest absolute Gasteiger partial charge is 0.0699 e. The largest absolute Gasteiger partial charge is 0.392 e. The first-order valence-corrected chi connectivity index (χ1v) is 6.53. The van der Waals surface area contributed by atoms with E-state index in [1.165, 1.54) is 20.5 Å². The summed E-state index contributed by atoms with van der Waals surface area (Å²) in [7, 11) is 0. The molecule has 0 saturated heterocycles. The zero-order valence-electron chi connectivity index (χ0n) is 8.20. The molecule has 1 N–H and O–H groups in total. The zero-order valence-corrected chi connectivity index (χ0v) is 9.84. The van der Waals surface area contributed by atoms with E-state index in [2.05, 4.69) is 24.4 Å². The van der Waals surface area contributed by atoms with E-state index in [1.54, 1.807) is 23.1 Å². The Balaban J connectivity index is 2.82. The van der Waals surface area contributed by atoms with Crippen LogP contribution in [-0.4, -0.2) is 11.4 Å². The second-order valence-corrected chi connectivity index (χ2v) is 4.96. The van der Waals surface area contributed by atoms with E-state index < -0.39 is 0 Å². The molecule has 1 nitrogen and oxygen atoms in total. The number of benzene rings is 1. The number of aryl methyl sites for hydroxylation is 1. The van der Waals surface area contributed by atoms with E-state index in [-0.39, 0.29) is 6.61 Å². The summed E-state index contributed by atoms with van der Waals surface area (Å²) in [4.78, 5) is 1.19. The minimum atomic E-state index is 0.129. The lowest BCUT2D eigenvalue weighted by Gasteiger charge is -2.08. The Morgan fingerprint density at radius 1 is 1.50 bits per heavy atom. The van der Waals surface area contributed by atoms with Crippen molar-refractivity contribution >= 4 is 33.2 Å². The number of aliphatic hydroxyl groups is 1. The average molecular weight is 224 g/mol. The van der Waals surface area contributed by atoms with Crippen molar-refractivity contribution in [1.29, 1.82) is 0 Å². The molecule has 0 bridgehead atoms. The average Bonchev–Trinajstić information content (AvgIpc) is 2.66. The van der Waals surface area contributed by atoms with Crippen molar-refractivity contribution in [3.8, 4) is 0 Å². The van der Waals surface area contributed by atoms with E-state index in [9.17, 15) is 5.11 Å². The highest BCUT2D eigenvalue weighted by Crippen LogP contribution is 2.34. The van der Waals surface area contributed by atoms with Crippen molar-refractivity contribution < 1.29 is 5.11 Å². The molecule has 0 atom stereocenters. The molecule has 0 amide bonds. The van der Waals surface area contributed by atoms with Crippen LogP contribution in [0.15, 0.2) is 22.4 Å². The molecule has 1 aromatic carbocycles. The Labute approximate surface area is 91.8 Å². The Morgan fingerprint density at radius 3 is 2.93 bits per heavy atom. The van der Waals surface area contributed by atoms with Crippen molar-refractivity contribution in [3.05, 3.63) is 28.6 Å². The molecule has 14 heavy (non-hydrogen) atoms. The quantitative estimate of drug-likeness (QED) is 0.789. The van der Waals surface area contributed by atoms with Crippen LogP contribution in [0.25, 0.3) is 10.1 Å². The summed E-state index contributed by atoms with van der Waals surface area (Å²) >= 11 is 3.44. The van der Waals surface area contributed by atoms with Gasteiger partial charge in [-0.15, -0.1) is 23.1 Å². The summed E-state index contributed by atoms with van der Waals surface area (Å²) in [5.74, 6) is 0. The first-order valence-electron chi connectivity index (χ1n) is 4.42. The molecule has 0 fully saturated rings. The summed E-state index contributed by atoms with van der Waals surface area (Å²) in [6.07, 6.45) is 2.05. The van der Waals surface area contributed by atoms with Gasteiger partial charge in [0.25, 0.3) is 0 Å². The Bertz CT molecular complexity index is 460. The monoisotopic (exact) mass is 224 g/mol. The number of thioether (sulfide) groups is 1. The third-order valence-corrected chi connectivity index (χ3v) is 4.23. The molecule has 2 rings (SSSR count). The molecule has 0 aliphatic carbocycles. The number of aliphatic hydroxyl groups excluding tert-OH is 1. The van der Waals surface area contributed by atoms with Gasteiger partial charge in [0.05, 0.1) is 6.61 Å². The van der Waals surface area contributed by atoms with Gasteiger partial charge in [-0.1, -0.05) is 0 Å². The summed E-state index contributed by atoms with van der Waals surface area (Å²) in [5, 5.41) is 12.6. The predicted molar refractivity (Wildman–Crippen MR) is 64.3 cm³/mol. The highest BCUT2D eigenvalue weighted by atomic mass is 32.2. The second-order valence-electron chi connectivity index (χ2n) is 3.20. The molecule has 0 aliphatic rings. The lowest BCUT2D eigenvalue weighted by atomic mass is 10.1. The van der Waals surface area contributed by atoms with Crippen LogP contribution in [0.5, 0.6) is 0 Å². The molecule has 0 unspecified atom stereocenters. The van der Waals surface area contributed by atoms with Crippen molar-refractivity contribution in [2.45, 2.75) is 18.4 Å². The first kappa shape index (κ1) is 10.0. The van der Waals surface area contributed by atoms with Crippen LogP contribution in [-0.2, 0) is 6.61 Å². The second kappa shape index (κ2) is 3.93. The molecule has 0 aliphatic heterocycles. The molecule has 1 aromatic heterocycles. The van der Waals surface area contributed by atoms with E-state index in [0.29, 0.717) is 0 Å². The van der Waals surface area contributed by atoms with Gasteiger partial charge in [0.2, 0.25) is 0 Å². The van der Waals surface area contributed by atoms with Crippen molar-refractivity contribution in [2.24, 2.45) is 0 Å². The van der Waals surface area contributed by atoms with Crippen LogP contribution < -0.4 is 0 Å². The minimum absolute atomic E-state index is 0.129. The Morgan fingerprint density at radius 2 is 2.29 bits per heavy atom. The van der Waals surface area contributed by atoms with Crippen molar-refractivity contribution in [3.63, 3.8) is 0 Å². The van der Waals surface area contributed by atoms with Gasteiger partial charge < -0.3 is 5.11 Å². The van der Waals surface area contributed by atoms with Crippen LogP contribution >= 0.6 is 23.1 Å². The first-order chi connectivity index (χ1) is 6.77. The number of hydrogen-bond donors (Lipinski definition) is 1. The highest BCUT2D eigenvalue weighted by Gasteiger charge is 2.09. The molecule has 2 aromatic rings. The fourth-order valence-corrected chi connectivity index (χ4v) is 3.30. The van der Waals surface area contributed by atoms with Crippen molar-refractivity contribution in [2.75, 3.05) is 6.26 Å². The van der Waals surface area contributed by atoms with Gasteiger partial charge in [-0.25, -0.2) is 0 Å². The third-order valence-electron chi connectivity index (χ3n) is 2.37. The van der Waals surface area contributed by atoms with Gasteiger partial charge in [-0.05, 0) is 47.2 Å². The number of hydrogen-bond acceptors (Lipinski definition) is 3. The molecule has 3 heteroatoms. The molecule has 0 radical (unpaired) electrons. The lowest BCUT2D eigenvalue weighted by Crippen LogP contribution is -1.89. The topological polar surface area (TPSA) is 20.2 Å². The van der Waals surface area contributed by atoms with Gasteiger partial charge in [-0.3, -0.25) is 0 Å². The molecule has 0 saturated carbocycles. The maximum atomic E-state index is 9.35. The maximum absolute atomic E-state index is 9.35. The molecular weight excluding hydrogens is 212 g/mol. The lowest BCUT2D eigenvalue weighted by molar-refractivity contribution is 0.280. The van der Waals surface area contributed by atoms with Crippen LogP contribution in [0.3, 0.4) is 0 Å². The number of fused-ring (bicyclic) bond motifs is 1. The van der Waals surface area contributed by atoms with Crippen LogP contribution in [0.4, 0.5) is 0 Å². The molecule has 1 heterocycles. The van der Waals surface area contributed by atoms with Gasteiger partial charge in [0, 0.05) is 9.60 Å². The molecule has 74 valence electrons. The fraction of sp³-hybridized carbons (Fsp3) is 0.273. The summed E-state index contributed by atoms with van der Waals surface area (Å²) in [5.41, 5.74) is 2.37. The minimum Gasteiger partial charge on any atom is -0.392 e. The summed E-state index contributed by atoms with van der Waals surface area (Å²) in [6.45, 7) is 2.25. The molecular formula is C11H12OS2. The Kier molecular flexibility index (Phi) is 2.81. The fourth-order valence-electron chi connectivity index (χ4n) is 1.68. The van der Waals surface area contributed by atoms with E-state index >= 15 is 0 Å². The highest BCUT2D eigenvalue weighted by molar-refractivity contribution is 7.98. The van der Waals surface area contributed by atoms with Gasteiger partial charge >= 0.3 is 0 Å². The van der Waals surface area contributed by atoms with Crippen LogP contribution in [0.2, 0.25) is 0 Å². The SMILES string of the molecule is CSc1cc(C)c2sccc2c1CO. The number of thiophene rings is 1. The standard InChI is InChI=1S/C11H12OS2/c1-7-5-10(13-2)9(6-12)8-3-4-14-11(7)8/h3-5,12H,6H2,1-2H3. The van der Waals surface area contributed by atoms with E-state index in [1.807, 2.05) is 6.26 Å². The summed E-state index contributed by atoms with van der Waals surface area (Å²) in [6, 6.07) is 4.26. The van der Waals surface area contributed by atoms with Gasteiger partial charge in [0.15, 0.2) is 0 Å². The van der Waals surface area contributed by atoms with E-state index in [0.717, 1.165) is 5.56 Å². The van der Waals surface area contributed by atoms with Gasteiger partial charge in [0.1, 0.15) is 0 Å². The summed E-state index contributed by atoms with van der Waals surface area (Å²) < 4.78 is 1.30. The normalized spacial score (nSPS) is 11.1. The maximum Gasteiger partial charge on any atom is 0.0699 e. The third kappa shape index (κ3) is 1.45. The predicted octanol–water partition coefficient (Wildman–Crippen LogP) is 3.42. The van der Waals surface area contributed by atoms with Crippen LogP contribution in [0, 0.1) is 6.92 Å². The van der Waals surface area contributed by atoms with Crippen LogP contribution in [0.1, 0.15) is 11.1 Å². The number of rotatable bonds is 2. The van der Waals surface area contributed by atoms with Gasteiger partial charge in [-0.2, -0.15) is 0 Å².